The molecule has 0 spiro atoms. The van der Waals surface area contributed by atoms with Gasteiger partial charge in [-0.2, -0.15) is 13.2 Å². The molecule has 0 aliphatic rings. The number of benzene rings is 1. The van der Waals surface area contributed by atoms with Crippen LogP contribution < -0.4 is 10.1 Å². The number of alkyl halides is 3. The standard InChI is InChI=1S/C16H18N2O2.C2HF3O2/c1-3-20-15-9-7-13(8-10-15)16(19)17-11-14-6-4-5-12(2)18-14;3-2(4,5)1(6)7/h4-10H,3,11H2,1-2H3,(H,17,19);(H,6,7). The molecule has 6 nitrogen and oxygen atoms in total. The molecule has 0 aliphatic carbocycles. The molecule has 1 amide bonds. The van der Waals surface area contributed by atoms with Crippen molar-refractivity contribution in [2.24, 2.45) is 0 Å². The summed E-state index contributed by atoms with van der Waals surface area (Å²) < 4.78 is 37.1. The molecule has 146 valence electrons. The van der Waals surface area contributed by atoms with E-state index in [4.69, 9.17) is 14.6 Å². The van der Waals surface area contributed by atoms with Gasteiger partial charge in [-0.3, -0.25) is 9.78 Å². The van der Waals surface area contributed by atoms with Gasteiger partial charge in [-0.1, -0.05) is 6.07 Å². The summed E-state index contributed by atoms with van der Waals surface area (Å²) in [7, 11) is 0. The van der Waals surface area contributed by atoms with Gasteiger partial charge < -0.3 is 15.2 Å². The first-order valence-corrected chi connectivity index (χ1v) is 7.87. The normalized spacial score (nSPS) is 10.4. The molecular weight excluding hydrogens is 365 g/mol. The van der Waals surface area contributed by atoms with Crippen LogP contribution in [0.4, 0.5) is 13.2 Å². The summed E-state index contributed by atoms with van der Waals surface area (Å²) in [4.78, 5) is 25.2. The molecule has 0 radical (unpaired) electrons. The van der Waals surface area contributed by atoms with Gasteiger partial charge in [0, 0.05) is 11.3 Å². The molecule has 2 N–H and O–H groups in total. The minimum Gasteiger partial charge on any atom is -0.494 e. The number of hydrogen-bond acceptors (Lipinski definition) is 4. The Bertz CT molecular complexity index is 762. The minimum atomic E-state index is -5.08. The van der Waals surface area contributed by atoms with E-state index in [0.717, 1.165) is 17.1 Å². The van der Waals surface area contributed by atoms with Crippen molar-refractivity contribution >= 4 is 11.9 Å². The van der Waals surface area contributed by atoms with Crippen LogP contribution in [0.15, 0.2) is 42.5 Å². The predicted octanol–water partition coefficient (Wildman–Crippen LogP) is 3.35. The number of ether oxygens (including phenoxy) is 1. The second-order valence-electron chi connectivity index (χ2n) is 5.21. The minimum absolute atomic E-state index is 0.114. The summed E-state index contributed by atoms with van der Waals surface area (Å²) in [5.74, 6) is -2.10. The second-order valence-corrected chi connectivity index (χ2v) is 5.21. The number of carbonyl (C=O) groups is 2. The Morgan fingerprint density at radius 3 is 2.22 bits per heavy atom. The molecule has 1 aromatic heterocycles. The van der Waals surface area contributed by atoms with Gasteiger partial charge in [0.05, 0.1) is 18.8 Å². The van der Waals surface area contributed by atoms with Gasteiger partial charge >= 0.3 is 12.1 Å². The van der Waals surface area contributed by atoms with E-state index in [1.165, 1.54) is 0 Å². The molecule has 0 bridgehead atoms. The fraction of sp³-hybridized carbons (Fsp3) is 0.278. The number of nitrogens with zero attached hydrogens (tertiary/aromatic N) is 1. The molecule has 2 aromatic rings. The number of nitrogens with one attached hydrogen (secondary N) is 1. The van der Waals surface area contributed by atoms with Crippen molar-refractivity contribution in [1.29, 1.82) is 0 Å². The van der Waals surface area contributed by atoms with E-state index in [1.807, 2.05) is 32.0 Å². The van der Waals surface area contributed by atoms with Gasteiger partial charge in [-0.15, -0.1) is 0 Å². The third kappa shape index (κ3) is 8.21. The average Bonchev–Trinajstić information content (AvgIpc) is 2.60. The Morgan fingerprint density at radius 1 is 1.15 bits per heavy atom. The maximum Gasteiger partial charge on any atom is 0.490 e. The quantitative estimate of drug-likeness (QED) is 0.825. The molecule has 0 saturated heterocycles. The first kappa shape index (κ1) is 21.9. The highest BCUT2D eigenvalue weighted by Gasteiger charge is 2.38. The maximum absolute atomic E-state index is 12.0. The first-order chi connectivity index (χ1) is 12.6. The Labute approximate surface area is 154 Å². The molecule has 0 aliphatic heterocycles. The van der Waals surface area contributed by atoms with Crippen LogP contribution in [0.3, 0.4) is 0 Å². The predicted molar refractivity (Wildman–Crippen MR) is 91.4 cm³/mol. The lowest BCUT2D eigenvalue weighted by atomic mass is 10.2. The van der Waals surface area contributed by atoms with E-state index >= 15 is 0 Å². The van der Waals surface area contributed by atoms with Crippen molar-refractivity contribution < 1.29 is 32.6 Å². The van der Waals surface area contributed by atoms with E-state index < -0.39 is 12.1 Å². The van der Waals surface area contributed by atoms with Crippen molar-refractivity contribution in [1.82, 2.24) is 10.3 Å². The zero-order valence-electron chi connectivity index (χ0n) is 14.7. The number of carbonyl (C=O) groups excluding carboxylic acids is 1. The van der Waals surface area contributed by atoms with E-state index in [2.05, 4.69) is 10.3 Å². The Morgan fingerprint density at radius 2 is 1.74 bits per heavy atom. The number of aliphatic carboxylic acids is 1. The van der Waals surface area contributed by atoms with Crippen LogP contribution in [0.1, 0.15) is 28.7 Å². The molecule has 0 fully saturated rings. The van der Waals surface area contributed by atoms with Crippen LogP contribution in [0.2, 0.25) is 0 Å². The van der Waals surface area contributed by atoms with Gasteiger partial charge in [0.25, 0.3) is 5.91 Å². The second kappa shape index (κ2) is 10.1. The number of carboxylic acid groups (broad SMARTS) is 1. The molecule has 0 unspecified atom stereocenters. The lowest BCUT2D eigenvalue weighted by molar-refractivity contribution is -0.192. The zero-order valence-corrected chi connectivity index (χ0v) is 14.7. The summed E-state index contributed by atoms with van der Waals surface area (Å²) >= 11 is 0. The van der Waals surface area contributed by atoms with E-state index in [0.29, 0.717) is 18.7 Å². The summed E-state index contributed by atoms with van der Waals surface area (Å²) in [5.41, 5.74) is 2.41. The van der Waals surface area contributed by atoms with E-state index in [9.17, 15) is 18.0 Å². The highest BCUT2D eigenvalue weighted by molar-refractivity contribution is 5.94. The SMILES string of the molecule is CCOc1ccc(C(=O)NCc2cccc(C)n2)cc1.O=C(O)C(F)(F)F. The number of amides is 1. The fourth-order valence-corrected chi connectivity index (χ4v) is 1.84. The number of rotatable bonds is 5. The number of halogens is 3. The van der Waals surface area contributed by atoms with Crippen LogP contribution in [0, 0.1) is 6.92 Å². The lowest BCUT2D eigenvalue weighted by Gasteiger charge is -2.07. The van der Waals surface area contributed by atoms with E-state index in [-0.39, 0.29) is 5.91 Å². The van der Waals surface area contributed by atoms with Crippen molar-refractivity contribution in [3.63, 3.8) is 0 Å². The van der Waals surface area contributed by atoms with Crippen molar-refractivity contribution in [3.8, 4) is 5.75 Å². The number of carboxylic acids is 1. The van der Waals surface area contributed by atoms with Crippen LogP contribution in [-0.2, 0) is 11.3 Å². The molecule has 2 rings (SSSR count). The molecule has 9 heteroatoms. The molecule has 1 aromatic carbocycles. The van der Waals surface area contributed by atoms with Gasteiger partial charge in [0.15, 0.2) is 0 Å². The molecule has 0 saturated carbocycles. The smallest absolute Gasteiger partial charge is 0.490 e. The summed E-state index contributed by atoms with van der Waals surface area (Å²) in [6.45, 7) is 4.89. The topological polar surface area (TPSA) is 88.5 Å². The Kier molecular flexibility index (Phi) is 8.25. The number of aryl methyl sites for hydroxylation is 1. The molecule has 27 heavy (non-hydrogen) atoms. The number of hydrogen-bond donors (Lipinski definition) is 2. The highest BCUT2D eigenvalue weighted by Crippen LogP contribution is 2.13. The number of aromatic nitrogens is 1. The van der Waals surface area contributed by atoms with Gasteiger partial charge in [-0.25, -0.2) is 4.79 Å². The van der Waals surface area contributed by atoms with Crippen LogP contribution >= 0.6 is 0 Å². The molecule has 0 atom stereocenters. The Hall–Kier alpha value is -3.10. The maximum atomic E-state index is 12.0. The monoisotopic (exact) mass is 384 g/mol. The van der Waals surface area contributed by atoms with Gasteiger partial charge in [-0.05, 0) is 50.2 Å². The van der Waals surface area contributed by atoms with Gasteiger partial charge in [0.1, 0.15) is 5.75 Å². The largest absolute Gasteiger partial charge is 0.494 e. The number of pyridine rings is 1. The van der Waals surface area contributed by atoms with Crippen LogP contribution in [-0.4, -0.2) is 34.8 Å². The van der Waals surface area contributed by atoms with Crippen molar-refractivity contribution in [2.45, 2.75) is 26.6 Å². The highest BCUT2D eigenvalue weighted by atomic mass is 19.4. The van der Waals surface area contributed by atoms with Crippen LogP contribution in [0.25, 0.3) is 0 Å². The summed E-state index contributed by atoms with van der Waals surface area (Å²) in [6, 6.07) is 12.9. The first-order valence-electron chi connectivity index (χ1n) is 7.87. The van der Waals surface area contributed by atoms with E-state index in [1.54, 1.807) is 24.3 Å². The molecule has 1 heterocycles. The third-order valence-corrected chi connectivity index (χ3v) is 3.05. The summed E-state index contributed by atoms with van der Waals surface area (Å²) in [5, 5.41) is 9.98. The zero-order chi connectivity index (χ0) is 20.4. The average molecular weight is 384 g/mol. The molecular formula is C18H19F3N2O4. The van der Waals surface area contributed by atoms with Crippen molar-refractivity contribution in [3.05, 3.63) is 59.4 Å². The fourth-order valence-electron chi connectivity index (χ4n) is 1.84. The Balaban J connectivity index is 0.000000445. The van der Waals surface area contributed by atoms with Crippen molar-refractivity contribution in [2.75, 3.05) is 6.61 Å². The lowest BCUT2D eigenvalue weighted by Crippen LogP contribution is -2.23. The summed E-state index contributed by atoms with van der Waals surface area (Å²) in [6.07, 6.45) is -5.08. The van der Waals surface area contributed by atoms with Crippen LogP contribution in [0.5, 0.6) is 5.75 Å². The third-order valence-electron chi connectivity index (χ3n) is 3.05. The van der Waals surface area contributed by atoms with Gasteiger partial charge in [0.2, 0.25) is 0 Å².